The zero-order chi connectivity index (χ0) is 21.7. The lowest BCUT2D eigenvalue weighted by Gasteiger charge is -2.09. The van der Waals surface area contributed by atoms with Crippen molar-refractivity contribution in [2.24, 2.45) is 0 Å². The van der Waals surface area contributed by atoms with E-state index in [1.165, 1.54) is 19.1 Å². The molecule has 0 atom stereocenters. The minimum atomic E-state index is -0.670. The summed E-state index contributed by atoms with van der Waals surface area (Å²) in [6.45, 7) is 8.34. The second-order valence-corrected chi connectivity index (χ2v) is 6.54. The Balaban J connectivity index is 1.76. The van der Waals surface area contributed by atoms with Gasteiger partial charge in [-0.3, -0.25) is 0 Å². The van der Waals surface area contributed by atoms with Crippen molar-refractivity contribution < 1.29 is 23.5 Å². The number of carbonyl (C=O) groups excluding carboxylic acids is 2. The summed E-state index contributed by atoms with van der Waals surface area (Å²) >= 11 is 0. The number of ether oxygens (including phenoxy) is 2. The van der Waals surface area contributed by atoms with Crippen molar-refractivity contribution in [3.63, 3.8) is 0 Å². The zero-order valence-electron chi connectivity index (χ0n) is 16.4. The standard InChI is InChI=1S/C25H19FO4/c1-4-24(27)29-21-12-9-18(10-13-21)17-5-7-19(8-6-17)20-11-14-23(22(26)15-20)30-25(28)16(2)3/h4-15H,1-2H2,3H3. The highest BCUT2D eigenvalue weighted by Gasteiger charge is 2.11. The lowest BCUT2D eigenvalue weighted by molar-refractivity contribution is -0.130. The molecule has 0 aromatic heterocycles. The normalized spacial score (nSPS) is 10.2. The fraction of sp³-hybridized carbons (Fsp3) is 0.0400. The van der Waals surface area contributed by atoms with Gasteiger partial charge in [-0.15, -0.1) is 0 Å². The maximum atomic E-state index is 14.3. The fourth-order valence-electron chi connectivity index (χ4n) is 2.68. The predicted octanol–water partition coefficient (Wildman–Crippen LogP) is 5.73. The van der Waals surface area contributed by atoms with E-state index in [4.69, 9.17) is 9.47 Å². The van der Waals surface area contributed by atoms with Crippen LogP contribution in [0.3, 0.4) is 0 Å². The molecule has 0 N–H and O–H groups in total. The summed E-state index contributed by atoms with van der Waals surface area (Å²) in [7, 11) is 0. The molecule has 0 radical (unpaired) electrons. The summed E-state index contributed by atoms with van der Waals surface area (Å²) in [5, 5.41) is 0. The molecule has 0 aliphatic carbocycles. The number of rotatable bonds is 6. The Labute approximate surface area is 173 Å². The maximum Gasteiger partial charge on any atom is 0.338 e. The van der Waals surface area contributed by atoms with Crippen LogP contribution in [-0.4, -0.2) is 11.9 Å². The molecule has 0 aliphatic rings. The van der Waals surface area contributed by atoms with Gasteiger partial charge in [0.15, 0.2) is 11.6 Å². The molecule has 0 fully saturated rings. The summed E-state index contributed by atoms with van der Waals surface area (Å²) in [5.74, 6) is -1.52. The number of esters is 2. The highest BCUT2D eigenvalue weighted by atomic mass is 19.1. The van der Waals surface area contributed by atoms with Gasteiger partial charge in [0.2, 0.25) is 0 Å². The molecular weight excluding hydrogens is 383 g/mol. The molecule has 4 nitrogen and oxygen atoms in total. The highest BCUT2D eigenvalue weighted by molar-refractivity contribution is 5.89. The second kappa shape index (κ2) is 9.01. The largest absolute Gasteiger partial charge is 0.423 e. The quantitative estimate of drug-likeness (QED) is 0.300. The first kappa shape index (κ1) is 20.7. The van der Waals surface area contributed by atoms with Gasteiger partial charge >= 0.3 is 11.9 Å². The highest BCUT2D eigenvalue weighted by Crippen LogP contribution is 2.29. The predicted molar refractivity (Wildman–Crippen MR) is 114 cm³/mol. The number of halogens is 1. The Morgan fingerprint density at radius 3 is 1.83 bits per heavy atom. The average molecular weight is 402 g/mol. The van der Waals surface area contributed by atoms with Crippen LogP contribution < -0.4 is 9.47 Å². The van der Waals surface area contributed by atoms with Crippen LogP contribution >= 0.6 is 0 Å². The van der Waals surface area contributed by atoms with Crippen LogP contribution in [-0.2, 0) is 9.59 Å². The van der Waals surface area contributed by atoms with E-state index in [1.807, 2.05) is 36.4 Å². The van der Waals surface area contributed by atoms with Crippen molar-refractivity contribution in [3.8, 4) is 33.8 Å². The van der Waals surface area contributed by atoms with Crippen molar-refractivity contribution >= 4 is 11.9 Å². The molecule has 0 heterocycles. The molecule has 3 aromatic carbocycles. The van der Waals surface area contributed by atoms with Crippen molar-refractivity contribution in [1.29, 1.82) is 0 Å². The van der Waals surface area contributed by atoms with Crippen LogP contribution in [0.1, 0.15) is 6.92 Å². The van der Waals surface area contributed by atoms with Crippen LogP contribution in [0, 0.1) is 5.82 Å². The molecule has 0 bridgehead atoms. The lowest BCUT2D eigenvalue weighted by atomic mass is 10.00. The van der Waals surface area contributed by atoms with E-state index in [2.05, 4.69) is 13.2 Å². The number of benzene rings is 3. The molecule has 0 spiro atoms. The third kappa shape index (κ3) is 4.89. The molecule has 5 heteroatoms. The van der Waals surface area contributed by atoms with E-state index < -0.39 is 17.8 Å². The molecule has 0 saturated carbocycles. The van der Waals surface area contributed by atoms with E-state index in [9.17, 15) is 14.0 Å². The summed E-state index contributed by atoms with van der Waals surface area (Å²) in [5.41, 5.74) is 3.55. The van der Waals surface area contributed by atoms with E-state index in [0.29, 0.717) is 11.3 Å². The Morgan fingerprint density at radius 2 is 1.33 bits per heavy atom. The van der Waals surface area contributed by atoms with Crippen LogP contribution in [0.4, 0.5) is 4.39 Å². The lowest BCUT2D eigenvalue weighted by Crippen LogP contribution is -2.09. The smallest absolute Gasteiger partial charge is 0.338 e. The summed E-state index contributed by atoms with van der Waals surface area (Å²) in [6, 6.07) is 19.1. The van der Waals surface area contributed by atoms with Crippen molar-refractivity contribution in [2.45, 2.75) is 6.92 Å². The van der Waals surface area contributed by atoms with E-state index >= 15 is 0 Å². The molecule has 3 rings (SSSR count). The van der Waals surface area contributed by atoms with E-state index in [0.717, 1.165) is 22.8 Å². The molecule has 30 heavy (non-hydrogen) atoms. The van der Waals surface area contributed by atoms with Crippen LogP contribution in [0.25, 0.3) is 22.3 Å². The Hall–Kier alpha value is -3.99. The van der Waals surface area contributed by atoms with Gasteiger partial charge < -0.3 is 9.47 Å². The Bertz CT molecular complexity index is 1110. The third-order valence-corrected chi connectivity index (χ3v) is 4.27. The first-order valence-corrected chi connectivity index (χ1v) is 9.09. The minimum absolute atomic E-state index is 0.138. The van der Waals surface area contributed by atoms with Gasteiger partial charge in [0.1, 0.15) is 5.75 Å². The molecule has 0 unspecified atom stereocenters. The van der Waals surface area contributed by atoms with Crippen molar-refractivity contribution in [2.75, 3.05) is 0 Å². The Morgan fingerprint density at radius 1 is 0.833 bits per heavy atom. The maximum absolute atomic E-state index is 14.3. The Kier molecular flexibility index (Phi) is 6.23. The number of hydrogen-bond donors (Lipinski definition) is 0. The summed E-state index contributed by atoms with van der Waals surface area (Å²) in [4.78, 5) is 22.8. The van der Waals surface area contributed by atoms with Crippen molar-refractivity contribution in [3.05, 3.63) is 97.4 Å². The minimum Gasteiger partial charge on any atom is -0.423 e. The average Bonchev–Trinajstić information content (AvgIpc) is 2.75. The van der Waals surface area contributed by atoms with Gasteiger partial charge in [0, 0.05) is 11.6 Å². The first-order valence-electron chi connectivity index (χ1n) is 9.09. The van der Waals surface area contributed by atoms with E-state index in [1.54, 1.807) is 18.2 Å². The zero-order valence-corrected chi connectivity index (χ0v) is 16.4. The van der Waals surface area contributed by atoms with Crippen molar-refractivity contribution in [1.82, 2.24) is 0 Å². The monoisotopic (exact) mass is 402 g/mol. The fourth-order valence-corrected chi connectivity index (χ4v) is 2.68. The molecule has 0 amide bonds. The molecule has 0 aliphatic heterocycles. The van der Waals surface area contributed by atoms with Crippen LogP contribution in [0.15, 0.2) is 91.5 Å². The molecule has 3 aromatic rings. The van der Waals surface area contributed by atoms with E-state index in [-0.39, 0.29) is 11.3 Å². The van der Waals surface area contributed by atoms with Crippen LogP contribution in [0.5, 0.6) is 11.5 Å². The molecule has 150 valence electrons. The van der Waals surface area contributed by atoms with Gasteiger partial charge in [-0.25, -0.2) is 14.0 Å². The second-order valence-electron chi connectivity index (χ2n) is 6.54. The number of hydrogen-bond acceptors (Lipinski definition) is 4. The summed E-state index contributed by atoms with van der Waals surface area (Å²) < 4.78 is 24.3. The van der Waals surface area contributed by atoms with Gasteiger partial charge in [0.05, 0.1) is 0 Å². The van der Waals surface area contributed by atoms with Gasteiger partial charge in [0.25, 0.3) is 0 Å². The first-order chi connectivity index (χ1) is 14.4. The van der Waals surface area contributed by atoms with Gasteiger partial charge in [-0.2, -0.15) is 0 Å². The molecule has 0 saturated heterocycles. The van der Waals surface area contributed by atoms with Crippen LogP contribution in [0.2, 0.25) is 0 Å². The van der Waals surface area contributed by atoms with Gasteiger partial charge in [-0.05, 0) is 53.4 Å². The molecular formula is C25H19FO4. The summed E-state index contributed by atoms with van der Waals surface area (Å²) in [6.07, 6.45) is 1.10. The topological polar surface area (TPSA) is 52.6 Å². The number of carbonyl (C=O) groups is 2. The van der Waals surface area contributed by atoms with Gasteiger partial charge in [-0.1, -0.05) is 55.6 Å². The third-order valence-electron chi connectivity index (χ3n) is 4.27. The SMILES string of the molecule is C=CC(=O)Oc1ccc(-c2ccc(-c3ccc(OC(=O)C(=C)C)c(F)c3)cc2)cc1.